The van der Waals surface area contributed by atoms with E-state index in [4.69, 9.17) is 4.74 Å². The molecule has 0 saturated heterocycles. The Morgan fingerprint density at radius 3 is 2.55 bits per heavy atom. The summed E-state index contributed by atoms with van der Waals surface area (Å²) in [4.78, 5) is 47.6. The summed E-state index contributed by atoms with van der Waals surface area (Å²) >= 11 is 1.19. The molecule has 0 unspecified atom stereocenters. The third-order valence-electron chi connectivity index (χ3n) is 6.69. The van der Waals surface area contributed by atoms with Crippen molar-refractivity contribution in [3.05, 3.63) is 103 Å². The molecule has 0 radical (unpaired) electrons. The summed E-state index contributed by atoms with van der Waals surface area (Å²) in [5, 5.41) is 0. The fraction of sp³-hybridized carbons (Fsp3) is 0.267. The molecule has 0 bridgehead atoms. The van der Waals surface area contributed by atoms with E-state index in [2.05, 4.69) is 11.9 Å². The average Bonchev–Trinajstić information content (AvgIpc) is 3.38. The maximum Gasteiger partial charge on any atom is 0.338 e. The van der Waals surface area contributed by atoms with Crippen molar-refractivity contribution in [2.24, 2.45) is 4.99 Å². The topological polar surface area (TPSA) is 81.0 Å². The fourth-order valence-electron chi connectivity index (χ4n) is 4.87. The summed E-state index contributed by atoms with van der Waals surface area (Å²) in [5.41, 5.74) is 3.35. The van der Waals surface area contributed by atoms with Gasteiger partial charge < -0.3 is 9.64 Å². The van der Waals surface area contributed by atoms with E-state index in [1.165, 1.54) is 15.9 Å². The van der Waals surface area contributed by atoms with E-state index < -0.39 is 12.0 Å². The van der Waals surface area contributed by atoms with E-state index in [1.54, 1.807) is 18.7 Å². The van der Waals surface area contributed by atoms with Crippen LogP contribution < -0.4 is 19.8 Å². The van der Waals surface area contributed by atoms with E-state index in [0.29, 0.717) is 32.7 Å². The third kappa shape index (κ3) is 4.45. The van der Waals surface area contributed by atoms with Gasteiger partial charge in [0.1, 0.15) is 4.53 Å². The molecule has 0 fully saturated rings. The monoisotopic (exact) mass is 527 g/mol. The quantitative estimate of drug-likeness (QED) is 0.436. The number of carbonyl (C=O) groups is 2. The summed E-state index contributed by atoms with van der Waals surface area (Å²) in [6, 6.07) is 16.5. The SMILES string of the molecule is CCCCN1C(=O)/C(=c2\sc3n(c2=O)[C@H](/C=C/c2ccccc2)C(C(=O)OCC)=C(C)N=3)c2ccccc21. The molecule has 3 heterocycles. The fourth-order valence-corrected chi connectivity index (χ4v) is 6.02. The molecule has 0 spiro atoms. The minimum absolute atomic E-state index is 0.178. The summed E-state index contributed by atoms with van der Waals surface area (Å²) in [5.74, 6) is -0.690. The Balaban J connectivity index is 1.72. The van der Waals surface area contributed by atoms with Crippen LogP contribution in [0.1, 0.15) is 50.8 Å². The number of rotatable bonds is 7. The van der Waals surface area contributed by atoms with Crippen LogP contribution in [0.15, 0.2) is 81.7 Å². The predicted molar refractivity (Wildman–Crippen MR) is 149 cm³/mol. The van der Waals surface area contributed by atoms with Crippen LogP contribution in [0.4, 0.5) is 5.69 Å². The largest absolute Gasteiger partial charge is 0.463 e. The van der Waals surface area contributed by atoms with Crippen LogP contribution in [-0.2, 0) is 14.3 Å². The zero-order chi connectivity index (χ0) is 26.8. The second-order valence-corrected chi connectivity index (χ2v) is 10.1. The molecule has 8 heteroatoms. The number of benzene rings is 2. The van der Waals surface area contributed by atoms with Crippen LogP contribution in [0.25, 0.3) is 11.6 Å². The number of aromatic nitrogens is 1. The molecule has 1 amide bonds. The lowest BCUT2D eigenvalue weighted by atomic mass is 10.0. The van der Waals surface area contributed by atoms with Gasteiger partial charge >= 0.3 is 5.97 Å². The summed E-state index contributed by atoms with van der Waals surface area (Å²) in [7, 11) is 0. The highest BCUT2D eigenvalue weighted by molar-refractivity contribution is 7.07. The highest BCUT2D eigenvalue weighted by Crippen LogP contribution is 2.35. The molecule has 2 aromatic carbocycles. The normalized spacial score (nSPS) is 18.0. The Morgan fingerprint density at radius 2 is 1.82 bits per heavy atom. The lowest BCUT2D eigenvalue weighted by Gasteiger charge is -2.21. The van der Waals surface area contributed by atoms with Crippen molar-refractivity contribution in [1.29, 1.82) is 0 Å². The Kier molecular flexibility index (Phi) is 7.24. The first-order chi connectivity index (χ1) is 18.5. The Labute approximate surface area is 224 Å². The summed E-state index contributed by atoms with van der Waals surface area (Å²) in [6.45, 7) is 6.37. The molecule has 194 valence electrons. The number of hydrogen-bond donors (Lipinski definition) is 0. The van der Waals surface area contributed by atoms with Gasteiger partial charge in [-0.25, -0.2) is 9.79 Å². The van der Waals surface area contributed by atoms with Crippen LogP contribution in [0.5, 0.6) is 0 Å². The maximum atomic E-state index is 14.0. The van der Waals surface area contributed by atoms with Gasteiger partial charge in [0.15, 0.2) is 4.80 Å². The van der Waals surface area contributed by atoms with Gasteiger partial charge in [0.05, 0.1) is 35.2 Å². The molecule has 0 aliphatic carbocycles. The first-order valence-corrected chi connectivity index (χ1v) is 13.6. The molecule has 0 saturated carbocycles. The minimum Gasteiger partial charge on any atom is -0.463 e. The average molecular weight is 528 g/mol. The van der Waals surface area contributed by atoms with Crippen LogP contribution in [0, 0.1) is 0 Å². The molecule has 3 aromatic rings. The zero-order valence-electron chi connectivity index (χ0n) is 21.6. The molecule has 2 aliphatic rings. The minimum atomic E-state index is -0.720. The molecule has 0 N–H and O–H groups in total. The van der Waals surface area contributed by atoms with Crippen LogP contribution in [0.3, 0.4) is 0 Å². The van der Waals surface area contributed by atoms with Gasteiger partial charge in [-0.05, 0) is 31.9 Å². The molecular formula is C30H29N3O4S. The third-order valence-corrected chi connectivity index (χ3v) is 7.74. The summed E-state index contributed by atoms with van der Waals surface area (Å²) in [6.07, 6.45) is 5.52. The Bertz CT molecular complexity index is 1650. The highest BCUT2D eigenvalue weighted by atomic mass is 32.1. The number of anilines is 1. The second kappa shape index (κ2) is 10.8. The van der Waals surface area contributed by atoms with Crippen molar-refractivity contribution >= 4 is 40.5 Å². The number of hydrogen-bond acceptors (Lipinski definition) is 6. The van der Waals surface area contributed by atoms with Crippen LogP contribution >= 0.6 is 11.3 Å². The van der Waals surface area contributed by atoms with Crippen molar-refractivity contribution in [3.8, 4) is 0 Å². The van der Waals surface area contributed by atoms with Gasteiger partial charge in [0.25, 0.3) is 11.5 Å². The molecule has 7 nitrogen and oxygen atoms in total. The number of unbranched alkanes of at least 4 members (excludes halogenated alkanes) is 1. The number of fused-ring (bicyclic) bond motifs is 2. The van der Waals surface area contributed by atoms with Crippen LogP contribution in [-0.4, -0.2) is 29.6 Å². The van der Waals surface area contributed by atoms with E-state index in [9.17, 15) is 14.4 Å². The lowest BCUT2D eigenvalue weighted by molar-refractivity contribution is -0.139. The Morgan fingerprint density at radius 1 is 1.08 bits per heavy atom. The molecule has 1 atom stereocenters. The molecule has 5 rings (SSSR count). The molecular weight excluding hydrogens is 498 g/mol. The van der Waals surface area contributed by atoms with Crippen molar-refractivity contribution in [3.63, 3.8) is 0 Å². The van der Waals surface area contributed by atoms with Gasteiger partial charge in [-0.1, -0.05) is 85.4 Å². The van der Waals surface area contributed by atoms with Gasteiger partial charge in [-0.2, -0.15) is 0 Å². The number of nitrogens with zero attached hydrogens (tertiary/aromatic N) is 3. The standard InChI is InChI=1S/C30H29N3O4S/c1-4-6-18-32-22-15-11-10-14-21(22)25(27(32)34)26-28(35)33-23(17-16-20-12-8-7-9-13-20)24(29(36)37-5-2)19(3)31-30(33)38-26/h7-17,23H,4-6,18H2,1-3H3/b17-16+,26-25-/t23-/m1/s1. The van der Waals surface area contributed by atoms with Gasteiger partial charge in [-0.15, -0.1) is 0 Å². The number of thiazole rings is 1. The van der Waals surface area contributed by atoms with E-state index in [-0.39, 0.29) is 18.1 Å². The van der Waals surface area contributed by atoms with Crippen LogP contribution in [0.2, 0.25) is 0 Å². The number of allylic oxidation sites excluding steroid dienone is 2. The zero-order valence-corrected chi connectivity index (χ0v) is 22.5. The second-order valence-electron chi connectivity index (χ2n) is 9.14. The van der Waals surface area contributed by atoms with Crippen molar-refractivity contribution < 1.29 is 14.3 Å². The first-order valence-electron chi connectivity index (χ1n) is 12.8. The lowest BCUT2D eigenvalue weighted by Crippen LogP contribution is -2.40. The predicted octanol–water partition coefficient (Wildman–Crippen LogP) is 3.98. The molecule has 2 aliphatic heterocycles. The maximum absolute atomic E-state index is 14.0. The van der Waals surface area contributed by atoms with Crippen molar-refractivity contribution in [2.45, 2.75) is 39.7 Å². The van der Waals surface area contributed by atoms with Gasteiger partial charge in [0, 0.05) is 12.1 Å². The van der Waals surface area contributed by atoms with Gasteiger partial charge in [-0.3, -0.25) is 14.2 Å². The highest BCUT2D eigenvalue weighted by Gasteiger charge is 2.35. The van der Waals surface area contributed by atoms with Crippen molar-refractivity contribution in [2.75, 3.05) is 18.1 Å². The van der Waals surface area contributed by atoms with E-state index >= 15 is 0 Å². The number of ether oxygens (including phenoxy) is 1. The van der Waals surface area contributed by atoms with Gasteiger partial charge in [0.2, 0.25) is 0 Å². The summed E-state index contributed by atoms with van der Waals surface area (Å²) < 4.78 is 7.18. The number of amides is 1. The smallest absolute Gasteiger partial charge is 0.338 e. The molecule has 38 heavy (non-hydrogen) atoms. The first kappa shape index (κ1) is 25.6. The molecule has 1 aromatic heterocycles. The van der Waals surface area contributed by atoms with E-state index in [1.807, 2.05) is 66.7 Å². The van der Waals surface area contributed by atoms with E-state index in [0.717, 1.165) is 29.7 Å². The number of carbonyl (C=O) groups excluding carboxylic acids is 2. The Hall–Kier alpha value is -4.04. The number of esters is 1. The van der Waals surface area contributed by atoms with Crippen molar-refractivity contribution in [1.82, 2.24) is 4.57 Å². The number of para-hydroxylation sites is 1.